The average molecular weight is 173 g/mol. The number of aliphatic hydroxyl groups is 1. The molecule has 0 rings (SSSR count). The molecule has 0 saturated carbocycles. The van der Waals surface area contributed by atoms with Crippen molar-refractivity contribution in [2.45, 2.75) is 0 Å². The fourth-order valence-corrected chi connectivity index (χ4v) is 0.650. The first-order valence-corrected chi connectivity index (χ1v) is 3.60. The number of nitrogens with one attached hydrogen (secondary N) is 3. The molecular weight excluding hydrogens is 158 g/mol. The van der Waals surface area contributed by atoms with Gasteiger partial charge in [0, 0.05) is 13.6 Å². The Bertz CT molecular complexity index is 167. The summed E-state index contributed by atoms with van der Waals surface area (Å²) in [5, 5.41) is 17.5. The van der Waals surface area contributed by atoms with E-state index in [9.17, 15) is 0 Å². The first-order chi connectivity index (χ1) is 5.76. The lowest BCUT2D eigenvalue weighted by molar-refractivity contribution is 0.319. The molecule has 6 heteroatoms. The molecule has 6 nitrogen and oxygen atoms in total. The van der Waals surface area contributed by atoms with Crippen LogP contribution in [0.1, 0.15) is 0 Å². The van der Waals surface area contributed by atoms with Crippen molar-refractivity contribution < 1.29 is 5.11 Å². The molecule has 70 valence electrons. The molecule has 0 radical (unpaired) electrons. The molecule has 0 amide bonds. The van der Waals surface area contributed by atoms with Crippen molar-refractivity contribution in [3.63, 3.8) is 0 Å². The zero-order valence-electron chi connectivity index (χ0n) is 7.09. The predicted molar refractivity (Wildman–Crippen MR) is 45.4 cm³/mol. The lowest BCUT2D eigenvalue weighted by Crippen LogP contribution is -2.28. The maximum atomic E-state index is 8.81. The molecule has 0 aliphatic carbocycles. The van der Waals surface area contributed by atoms with E-state index in [2.05, 4.69) is 15.7 Å². The number of nitrogens with zero attached hydrogens (tertiary/aromatic N) is 1. The molecule has 0 spiro atoms. The van der Waals surface area contributed by atoms with Crippen molar-refractivity contribution >= 4 is 0 Å². The van der Waals surface area contributed by atoms with E-state index in [4.69, 9.17) is 16.4 Å². The Morgan fingerprint density at radius 3 is 2.75 bits per heavy atom. The van der Waals surface area contributed by atoms with E-state index >= 15 is 0 Å². The summed E-state index contributed by atoms with van der Waals surface area (Å²) < 4.78 is 0. The van der Waals surface area contributed by atoms with Crippen LogP contribution in [0.15, 0.2) is 16.6 Å². The highest BCUT2D eigenvalue weighted by Crippen LogP contribution is 1.88. The van der Waals surface area contributed by atoms with Gasteiger partial charge in [-0.2, -0.15) is 5.11 Å². The number of nitrogens with two attached hydrogens (primary N) is 1. The van der Waals surface area contributed by atoms with Crippen LogP contribution in [0.2, 0.25) is 0 Å². The van der Waals surface area contributed by atoms with Crippen molar-refractivity contribution in [3.05, 3.63) is 11.5 Å². The van der Waals surface area contributed by atoms with Crippen molar-refractivity contribution in [1.29, 1.82) is 5.53 Å². The molecule has 0 aromatic carbocycles. The van der Waals surface area contributed by atoms with E-state index in [-0.39, 0.29) is 6.61 Å². The molecule has 0 aromatic rings. The quantitative estimate of drug-likeness (QED) is 0.261. The second kappa shape index (κ2) is 6.41. The molecule has 12 heavy (non-hydrogen) atoms. The number of hydrogen-bond acceptors (Lipinski definition) is 6. The van der Waals surface area contributed by atoms with Gasteiger partial charge in [-0.25, -0.2) is 5.53 Å². The van der Waals surface area contributed by atoms with Gasteiger partial charge in [-0.3, -0.25) is 0 Å². The standard InChI is InChI=1S/C6H15N5O/c1-9-6(7)5(4-12)10-2-3-11-8/h8-10,12H,2-4,7H2,1H3/b6-5+,11-8?. The molecular formula is C6H15N5O. The van der Waals surface area contributed by atoms with Crippen molar-refractivity contribution in [3.8, 4) is 0 Å². The highest BCUT2D eigenvalue weighted by Gasteiger charge is 1.98. The monoisotopic (exact) mass is 173 g/mol. The molecule has 0 atom stereocenters. The lowest BCUT2D eigenvalue weighted by atomic mass is 10.4. The molecule has 0 bridgehead atoms. The molecule has 0 unspecified atom stereocenters. The highest BCUT2D eigenvalue weighted by atomic mass is 16.3. The second-order valence-corrected chi connectivity index (χ2v) is 2.11. The fourth-order valence-electron chi connectivity index (χ4n) is 0.650. The van der Waals surface area contributed by atoms with Gasteiger partial charge in [-0.15, -0.1) is 0 Å². The Balaban J connectivity index is 3.90. The zero-order valence-corrected chi connectivity index (χ0v) is 7.09. The van der Waals surface area contributed by atoms with E-state index < -0.39 is 0 Å². The van der Waals surface area contributed by atoms with E-state index in [1.807, 2.05) is 0 Å². The van der Waals surface area contributed by atoms with Crippen LogP contribution in [0, 0.1) is 5.53 Å². The van der Waals surface area contributed by atoms with E-state index in [0.717, 1.165) is 0 Å². The summed E-state index contributed by atoms with van der Waals surface area (Å²) in [7, 11) is 1.67. The minimum absolute atomic E-state index is 0.148. The van der Waals surface area contributed by atoms with Crippen LogP contribution in [-0.4, -0.2) is 31.9 Å². The van der Waals surface area contributed by atoms with Gasteiger partial charge in [0.1, 0.15) is 5.82 Å². The van der Waals surface area contributed by atoms with E-state index in [1.54, 1.807) is 7.05 Å². The van der Waals surface area contributed by atoms with Crippen LogP contribution in [0.5, 0.6) is 0 Å². The Kier molecular flexibility index (Phi) is 5.72. The third-order valence-corrected chi connectivity index (χ3v) is 1.31. The van der Waals surface area contributed by atoms with Gasteiger partial charge in [0.25, 0.3) is 0 Å². The normalized spacial score (nSPS) is 11.8. The topological polar surface area (TPSA) is 107 Å². The molecule has 6 N–H and O–H groups in total. The SMILES string of the molecule is CN/C(N)=C(\CO)NCCN=N. The van der Waals surface area contributed by atoms with Gasteiger partial charge in [0.15, 0.2) is 0 Å². The van der Waals surface area contributed by atoms with Crippen molar-refractivity contribution in [2.75, 3.05) is 26.7 Å². The Labute approximate surface area is 71.3 Å². The summed E-state index contributed by atoms with van der Waals surface area (Å²) >= 11 is 0. The van der Waals surface area contributed by atoms with Crippen LogP contribution >= 0.6 is 0 Å². The lowest BCUT2D eigenvalue weighted by Gasteiger charge is -2.10. The molecule has 0 saturated heterocycles. The number of hydrogen-bond donors (Lipinski definition) is 5. The van der Waals surface area contributed by atoms with Gasteiger partial charge in [-0.1, -0.05) is 0 Å². The summed E-state index contributed by atoms with van der Waals surface area (Å²) in [6, 6.07) is 0. The van der Waals surface area contributed by atoms with Crippen LogP contribution in [-0.2, 0) is 0 Å². The first-order valence-electron chi connectivity index (χ1n) is 3.60. The zero-order chi connectivity index (χ0) is 9.40. The summed E-state index contributed by atoms with van der Waals surface area (Å²) in [4.78, 5) is 0. The summed E-state index contributed by atoms with van der Waals surface area (Å²) in [6.07, 6.45) is 0. The smallest absolute Gasteiger partial charge is 0.118 e. The average Bonchev–Trinajstić information content (AvgIpc) is 2.11. The van der Waals surface area contributed by atoms with Crippen molar-refractivity contribution in [1.82, 2.24) is 10.6 Å². The van der Waals surface area contributed by atoms with Crippen LogP contribution in [0.3, 0.4) is 0 Å². The van der Waals surface area contributed by atoms with Gasteiger partial charge in [0.2, 0.25) is 0 Å². The minimum Gasteiger partial charge on any atom is -0.390 e. The molecule has 0 aliphatic heterocycles. The first kappa shape index (κ1) is 10.7. The molecule has 0 aliphatic rings. The molecule has 0 aromatic heterocycles. The number of rotatable bonds is 6. The van der Waals surface area contributed by atoms with Crippen LogP contribution in [0.25, 0.3) is 0 Å². The largest absolute Gasteiger partial charge is 0.390 e. The maximum absolute atomic E-state index is 8.81. The predicted octanol–water partition coefficient (Wildman–Crippen LogP) is -1.05. The second-order valence-electron chi connectivity index (χ2n) is 2.11. The Morgan fingerprint density at radius 1 is 1.67 bits per heavy atom. The van der Waals surface area contributed by atoms with E-state index in [0.29, 0.717) is 24.6 Å². The highest BCUT2D eigenvalue weighted by molar-refractivity contribution is 5.07. The van der Waals surface area contributed by atoms with Gasteiger partial charge < -0.3 is 21.5 Å². The summed E-state index contributed by atoms with van der Waals surface area (Å²) in [6.45, 7) is 0.729. The van der Waals surface area contributed by atoms with E-state index in [1.165, 1.54) is 0 Å². The molecule has 0 fully saturated rings. The van der Waals surface area contributed by atoms with Crippen LogP contribution < -0.4 is 16.4 Å². The maximum Gasteiger partial charge on any atom is 0.118 e. The summed E-state index contributed by atoms with van der Waals surface area (Å²) in [5.41, 5.74) is 12.5. The fraction of sp³-hybridized carbons (Fsp3) is 0.667. The molecule has 0 heterocycles. The Hall–Kier alpha value is -1.30. The third kappa shape index (κ3) is 3.77. The van der Waals surface area contributed by atoms with Gasteiger partial charge in [0.05, 0.1) is 18.8 Å². The Morgan fingerprint density at radius 2 is 2.33 bits per heavy atom. The van der Waals surface area contributed by atoms with Gasteiger partial charge in [-0.05, 0) is 0 Å². The third-order valence-electron chi connectivity index (χ3n) is 1.31. The van der Waals surface area contributed by atoms with Crippen LogP contribution in [0.4, 0.5) is 0 Å². The van der Waals surface area contributed by atoms with Gasteiger partial charge >= 0.3 is 0 Å². The number of aliphatic hydroxyl groups excluding tert-OH is 1. The minimum atomic E-state index is -0.148. The van der Waals surface area contributed by atoms with Crippen molar-refractivity contribution in [2.24, 2.45) is 10.8 Å². The summed E-state index contributed by atoms with van der Waals surface area (Å²) in [5.74, 6) is 0.405.